The lowest BCUT2D eigenvalue weighted by molar-refractivity contribution is 0.578. The molecule has 0 atom stereocenters. The first-order chi connectivity index (χ1) is 1.41. The van der Waals surface area contributed by atoms with Gasteiger partial charge in [-0.1, -0.05) is 0 Å². The van der Waals surface area contributed by atoms with E-state index in [2.05, 4.69) is 5.40 Å². The highest BCUT2D eigenvalue weighted by atomic mass is 28.2. The van der Waals surface area contributed by atoms with Gasteiger partial charge >= 0.3 is 9.57 Å². The minimum atomic E-state index is -1.00. The van der Waals surface area contributed by atoms with Crippen molar-refractivity contribution in [1.29, 1.82) is 0 Å². The number of hydrogen-bond donors (Lipinski definition) is 1. The van der Waals surface area contributed by atoms with Gasteiger partial charge in [0.25, 0.3) is 0 Å². The van der Waals surface area contributed by atoms with Crippen molar-refractivity contribution < 1.29 is 9.17 Å². The molecule has 0 fully saturated rings. The molecule has 2 nitrogen and oxygen atoms in total. The molecule has 4 heteroatoms. The van der Waals surface area contributed by atoms with E-state index in [4.69, 9.17) is 4.46 Å². The Labute approximate surface area is 25.3 Å². The smallest absolute Gasteiger partial charge is 0.374 e. The van der Waals surface area contributed by atoms with Crippen molar-refractivity contribution in [1.82, 2.24) is 0 Å². The monoisotopic (exact) mass is 81.0 g/mol. The molecule has 2 N–H and O–H groups in total. The summed E-state index contributed by atoms with van der Waals surface area (Å²) in [6.45, 7) is 0. The van der Waals surface area contributed by atoms with E-state index in [0.717, 1.165) is 0 Å². The molecule has 0 radical (unpaired) electrons. The standard InChI is InChI=1S/FH.H3NOSi/c;1-3-2/h1H;3H,1H2. The molecule has 4 heavy (non-hydrogen) atoms. The normalized spacial score (nSPS) is 3.00. The Kier molecular flexibility index (Phi) is 34.8. The second kappa shape index (κ2) is 15.0. The summed E-state index contributed by atoms with van der Waals surface area (Å²) >= 11 is 0. The molecule has 0 unspecified atom stereocenters. The van der Waals surface area contributed by atoms with Gasteiger partial charge in [-0.15, -0.1) is 0 Å². The minimum Gasteiger partial charge on any atom is -0.405 e. The molecule has 26 valence electrons. The van der Waals surface area contributed by atoms with Crippen LogP contribution in [0.5, 0.6) is 0 Å². The highest BCUT2D eigenvalue weighted by Gasteiger charge is 1.27. The van der Waals surface area contributed by atoms with E-state index in [1.54, 1.807) is 0 Å². The molecule has 0 spiro atoms. The van der Waals surface area contributed by atoms with Gasteiger partial charge in [-0.3, -0.25) is 4.70 Å². The fourth-order valence-corrected chi connectivity index (χ4v) is 0. The molecule has 0 aromatic carbocycles. The molecule has 0 saturated heterocycles. The van der Waals surface area contributed by atoms with Crippen molar-refractivity contribution in [2.24, 2.45) is 5.40 Å². The number of rotatable bonds is 0. The average Bonchev–Trinajstić information content (AvgIpc) is 0.918. The summed E-state index contributed by atoms with van der Waals surface area (Å²) in [6.07, 6.45) is 0. The van der Waals surface area contributed by atoms with Crippen LogP contribution in [0.4, 0.5) is 4.70 Å². The van der Waals surface area contributed by atoms with Crippen LogP contribution in [-0.4, -0.2) is 9.57 Å². The van der Waals surface area contributed by atoms with Gasteiger partial charge in [0, 0.05) is 0 Å². The van der Waals surface area contributed by atoms with E-state index < -0.39 is 9.57 Å². The summed E-state index contributed by atoms with van der Waals surface area (Å²) in [5, 5.41) is 4.38. The molecule has 0 saturated carbocycles. The van der Waals surface area contributed by atoms with Crippen LogP contribution in [0.15, 0.2) is 0 Å². The van der Waals surface area contributed by atoms with E-state index >= 15 is 0 Å². The van der Waals surface area contributed by atoms with Crippen LogP contribution in [-0.2, 0) is 4.46 Å². The van der Waals surface area contributed by atoms with Crippen LogP contribution in [0.1, 0.15) is 0 Å². The van der Waals surface area contributed by atoms with Crippen LogP contribution in [0.25, 0.3) is 0 Å². The Balaban J connectivity index is 0. The van der Waals surface area contributed by atoms with Crippen molar-refractivity contribution in [2.75, 3.05) is 0 Å². The van der Waals surface area contributed by atoms with E-state index in [9.17, 15) is 0 Å². The molecule has 0 bridgehead atoms. The molecule has 0 heterocycles. The Hall–Kier alpha value is -0.253. The van der Waals surface area contributed by atoms with E-state index in [1.165, 1.54) is 0 Å². The van der Waals surface area contributed by atoms with E-state index in [0.29, 0.717) is 0 Å². The summed E-state index contributed by atoms with van der Waals surface area (Å²) in [7, 11) is -1.00. The third-order valence-corrected chi connectivity index (χ3v) is 0. The van der Waals surface area contributed by atoms with Gasteiger partial charge in [0.2, 0.25) is 0 Å². The van der Waals surface area contributed by atoms with Crippen molar-refractivity contribution in [3.05, 3.63) is 0 Å². The van der Waals surface area contributed by atoms with Gasteiger partial charge in [0.15, 0.2) is 0 Å². The maximum Gasteiger partial charge on any atom is 0.374 e. The lowest BCUT2D eigenvalue weighted by atomic mass is 13.9. The Bertz CT molecular complexity index is 15.5. The first-order valence-corrected chi connectivity index (χ1v) is 1.71. The second-order valence-corrected chi connectivity index (χ2v) is 0.408. The third kappa shape index (κ3) is 15.2. The summed E-state index contributed by atoms with van der Waals surface area (Å²) in [5.41, 5.74) is 0. The van der Waals surface area contributed by atoms with Gasteiger partial charge in [-0.05, 0) is 0 Å². The van der Waals surface area contributed by atoms with E-state index in [-0.39, 0.29) is 4.70 Å². The van der Waals surface area contributed by atoms with Crippen LogP contribution in [0.2, 0.25) is 0 Å². The highest BCUT2D eigenvalue weighted by molar-refractivity contribution is 6.11. The molecule has 0 aliphatic rings. The molecule has 0 aromatic rings. The minimum absolute atomic E-state index is 0. The maximum absolute atomic E-state index is 8.79. The zero-order chi connectivity index (χ0) is 2.71. The van der Waals surface area contributed by atoms with Gasteiger partial charge in [0.05, 0.1) is 0 Å². The van der Waals surface area contributed by atoms with Crippen molar-refractivity contribution in [3.8, 4) is 0 Å². The molecular formula is H4FNOSi. The number of halogens is 1. The van der Waals surface area contributed by atoms with Crippen molar-refractivity contribution >= 4 is 9.57 Å². The first kappa shape index (κ1) is 9.26. The summed E-state index contributed by atoms with van der Waals surface area (Å²) < 4.78 is 8.79. The van der Waals surface area contributed by atoms with Crippen LogP contribution in [0, 0.1) is 0 Å². The zero-order valence-electron chi connectivity index (χ0n) is 1.97. The third-order valence-electron chi connectivity index (χ3n) is 0. The molecule has 0 amide bonds. The van der Waals surface area contributed by atoms with Crippen molar-refractivity contribution in [2.45, 2.75) is 0 Å². The topological polar surface area (TPSA) is 43.1 Å². The number of hydrogen-bond acceptors (Lipinski definition) is 1. The average molecular weight is 81.1 g/mol. The molecular weight excluding hydrogens is 77.1 g/mol. The summed E-state index contributed by atoms with van der Waals surface area (Å²) in [6, 6.07) is 0. The van der Waals surface area contributed by atoms with Gasteiger partial charge in [-0.2, -0.15) is 0 Å². The quantitative estimate of drug-likeness (QED) is 0.372. The molecule has 0 aliphatic heterocycles. The predicted octanol–water partition coefficient (Wildman–Crippen LogP) is -1.21. The van der Waals surface area contributed by atoms with Crippen LogP contribution < -0.4 is 5.40 Å². The fraction of sp³-hybridized carbons (Fsp3) is 0. The first-order valence-electron chi connectivity index (χ1n) is 0.569. The molecule has 0 aromatic heterocycles. The fourth-order valence-electron chi connectivity index (χ4n) is 0. The van der Waals surface area contributed by atoms with Gasteiger partial charge in [-0.25, -0.2) is 0 Å². The lowest BCUT2D eigenvalue weighted by Gasteiger charge is -1.29. The summed E-state index contributed by atoms with van der Waals surface area (Å²) in [5.74, 6) is 0. The van der Waals surface area contributed by atoms with Crippen LogP contribution >= 0.6 is 0 Å². The van der Waals surface area contributed by atoms with Crippen molar-refractivity contribution in [3.63, 3.8) is 0 Å². The Morgan fingerprint density at radius 1 is 1.75 bits per heavy atom. The predicted molar refractivity (Wildman–Crippen MR) is 14.5 cm³/mol. The van der Waals surface area contributed by atoms with Crippen LogP contribution in [0.3, 0.4) is 0 Å². The SMILES string of the molecule is F.N[SiH]=O. The summed E-state index contributed by atoms with van der Waals surface area (Å²) in [4.78, 5) is 0. The Morgan fingerprint density at radius 2 is 1.75 bits per heavy atom. The highest BCUT2D eigenvalue weighted by Crippen LogP contribution is 0.756. The lowest BCUT2D eigenvalue weighted by Crippen LogP contribution is -1.86. The largest absolute Gasteiger partial charge is 0.405 e. The Morgan fingerprint density at radius 3 is 1.75 bits per heavy atom. The number of nitrogens with two attached hydrogens (primary N) is 1. The molecule has 0 rings (SSSR count). The molecule has 0 aliphatic carbocycles. The maximum atomic E-state index is 8.79. The van der Waals surface area contributed by atoms with Gasteiger partial charge < -0.3 is 9.86 Å². The van der Waals surface area contributed by atoms with E-state index in [1.807, 2.05) is 0 Å². The second-order valence-electron chi connectivity index (χ2n) is 0.136. The van der Waals surface area contributed by atoms with Gasteiger partial charge in [0.1, 0.15) is 0 Å². The zero-order valence-corrected chi connectivity index (χ0v) is 3.13.